The third-order valence-corrected chi connectivity index (χ3v) is 3.10. The number of ether oxygens (including phenoxy) is 1. The van der Waals surface area contributed by atoms with Gasteiger partial charge in [0.05, 0.1) is 30.6 Å². The van der Waals surface area contributed by atoms with Crippen LogP contribution in [-0.2, 0) is 19.4 Å². The predicted octanol–water partition coefficient (Wildman–Crippen LogP) is 0.268. The Hall–Kier alpha value is -1.09. The van der Waals surface area contributed by atoms with E-state index >= 15 is 0 Å². The predicted molar refractivity (Wildman–Crippen MR) is 50.1 cm³/mol. The molecule has 0 atom stereocenters. The summed E-state index contributed by atoms with van der Waals surface area (Å²) >= 11 is 0. The number of nitrogens with zero attached hydrogens (tertiary/aromatic N) is 1. The van der Waals surface area contributed by atoms with Gasteiger partial charge in [-0.05, 0) is 6.92 Å². The summed E-state index contributed by atoms with van der Waals surface area (Å²) in [5.74, 6) is -0.954. The molecule has 5 nitrogen and oxygen atoms in total. The molecule has 0 spiro atoms. The smallest absolute Gasteiger partial charge is 0.306 e. The molecular formula is C8H13NO4S. The van der Waals surface area contributed by atoms with E-state index < -0.39 is 15.8 Å². The van der Waals surface area contributed by atoms with Gasteiger partial charge in [0.15, 0.2) is 9.84 Å². The Morgan fingerprint density at radius 3 is 2.57 bits per heavy atom. The molecule has 0 aliphatic rings. The molecular weight excluding hydrogens is 206 g/mol. The van der Waals surface area contributed by atoms with Gasteiger partial charge >= 0.3 is 5.97 Å². The Morgan fingerprint density at radius 1 is 1.43 bits per heavy atom. The van der Waals surface area contributed by atoms with Gasteiger partial charge < -0.3 is 4.74 Å². The summed E-state index contributed by atoms with van der Waals surface area (Å²) in [6.07, 6.45) is -0.174. The molecule has 0 aromatic heterocycles. The van der Waals surface area contributed by atoms with Gasteiger partial charge in [-0.2, -0.15) is 5.26 Å². The minimum Gasteiger partial charge on any atom is -0.466 e. The summed E-state index contributed by atoms with van der Waals surface area (Å²) in [7, 11) is -3.28. The summed E-state index contributed by atoms with van der Waals surface area (Å²) in [6.45, 7) is 1.90. The van der Waals surface area contributed by atoms with E-state index in [1.807, 2.05) is 0 Å². The molecule has 0 unspecified atom stereocenters. The van der Waals surface area contributed by atoms with Crippen molar-refractivity contribution in [2.24, 2.45) is 0 Å². The van der Waals surface area contributed by atoms with E-state index in [2.05, 4.69) is 4.74 Å². The van der Waals surface area contributed by atoms with Gasteiger partial charge in [0.2, 0.25) is 0 Å². The first kappa shape index (κ1) is 12.9. The number of nitriles is 1. The van der Waals surface area contributed by atoms with Crippen molar-refractivity contribution in [1.29, 1.82) is 5.26 Å². The average Bonchev–Trinajstić information content (AvgIpc) is 2.13. The van der Waals surface area contributed by atoms with Crippen LogP contribution >= 0.6 is 0 Å². The van der Waals surface area contributed by atoms with Crippen LogP contribution in [-0.4, -0.2) is 32.5 Å². The molecule has 0 aromatic rings. The number of hydrogen-bond acceptors (Lipinski definition) is 5. The van der Waals surface area contributed by atoms with Gasteiger partial charge in [-0.25, -0.2) is 8.42 Å². The summed E-state index contributed by atoms with van der Waals surface area (Å²) in [6, 6.07) is 1.74. The molecule has 0 amide bonds. The van der Waals surface area contributed by atoms with E-state index in [4.69, 9.17) is 5.26 Å². The fraction of sp³-hybridized carbons (Fsp3) is 0.750. The maximum Gasteiger partial charge on any atom is 0.306 e. The molecule has 0 heterocycles. The van der Waals surface area contributed by atoms with Gasteiger partial charge in [-0.3, -0.25) is 4.79 Å². The Balaban J connectivity index is 3.89. The molecule has 0 fully saturated rings. The van der Waals surface area contributed by atoms with Crippen molar-refractivity contribution in [3.63, 3.8) is 0 Å². The standard InChI is InChI=1S/C8H13NO4S/c1-2-13-8(10)4-7-14(11,12)6-3-5-9/h2-4,6-7H2,1H3. The van der Waals surface area contributed by atoms with Crippen molar-refractivity contribution >= 4 is 15.8 Å². The van der Waals surface area contributed by atoms with E-state index in [1.165, 1.54) is 0 Å². The lowest BCUT2D eigenvalue weighted by molar-refractivity contribution is -0.142. The van der Waals surface area contributed by atoms with Gasteiger partial charge in [0, 0.05) is 6.42 Å². The first-order chi connectivity index (χ1) is 6.52. The Bertz CT molecular complexity index is 315. The van der Waals surface area contributed by atoms with Crippen LogP contribution in [0.5, 0.6) is 0 Å². The zero-order valence-corrected chi connectivity index (χ0v) is 8.84. The molecule has 0 saturated heterocycles. The van der Waals surface area contributed by atoms with E-state index in [9.17, 15) is 13.2 Å². The van der Waals surface area contributed by atoms with Crippen LogP contribution in [0.1, 0.15) is 19.8 Å². The zero-order valence-electron chi connectivity index (χ0n) is 8.02. The van der Waals surface area contributed by atoms with E-state index in [0.29, 0.717) is 0 Å². The zero-order chi connectivity index (χ0) is 11.0. The van der Waals surface area contributed by atoms with E-state index in [-0.39, 0.29) is 31.0 Å². The molecule has 0 N–H and O–H groups in total. The minimum absolute atomic E-state index is 0.0365. The molecule has 80 valence electrons. The summed E-state index contributed by atoms with van der Waals surface area (Å²) in [4.78, 5) is 10.8. The number of esters is 1. The monoisotopic (exact) mass is 219 g/mol. The Kier molecular flexibility index (Phi) is 5.88. The first-order valence-corrected chi connectivity index (χ1v) is 6.07. The number of carbonyl (C=O) groups is 1. The SMILES string of the molecule is CCOC(=O)CCS(=O)(=O)CCC#N. The summed E-state index contributed by atoms with van der Waals surface area (Å²) in [5.41, 5.74) is 0. The van der Waals surface area contributed by atoms with Crippen LogP contribution < -0.4 is 0 Å². The lowest BCUT2D eigenvalue weighted by atomic mass is 10.5. The van der Waals surface area contributed by atoms with Crippen molar-refractivity contribution in [3.05, 3.63) is 0 Å². The largest absolute Gasteiger partial charge is 0.466 e. The quantitative estimate of drug-likeness (QED) is 0.598. The van der Waals surface area contributed by atoms with Crippen LogP contribution in [0.4, 0.5) is 0 Å². The molecule has 0 radical (unpaired) electrons. The molecule has 6 heteroatoms. The van der Waals surface area contributed by atoms with Gasteiger partial charge in [-0.15, -0.1) is 0 Å². The van der Waals surface area contributed by atoms with Crippen LogP contribution in [0.25, 0.3) is 0 Å². The van der Waals surface area contributed by atoms with Gasteiger partial charge in [0.1, 0.15) is 0 Å². The molecule has 0 bridgehead atoms. The highest BCUT2D eigenvalue weighted by Gasteiger charge is 2.13. The second kappa shape index (κ2) is 6.38. The topological polar surface area (TPSA) is 84.2 Å². The Labute approximate surface area is 83.6 Å². The molecule has 0 saturated carbocycles. The third-order valence-electron chi connectivity index (χ3n) is 1.45. The Morgan fingerprint density at radius 2 is 2.07 bits per heavy atom. The molecule has 0 rings (SSSR count). The lowest BCUT2D eigenvalue weighted by Crippen LogP contribution is -2.15. The van der Waals surface area contributed by atoms with Crippen molar-refractivity contribution in [2.75, 3.05) is 18.1 Å². The highest BCUT2D eigenvalue weighted by molar-refractivity contribution is 7.91. The maximum absolute atomic E-state index is 11.1. The summed E-state index contributed by atoms with van der Waals surface area (Å²) < 4.78 is 26.9. The second-order valence-electron chi connectivity index (χ2n) is 2.61. The van der Waals surface area contributed by atoms with Crippen LogP contribution in [0, 0.1) is 11.3 Å². The number of sulfone groups is 1. The number of rotatable bonds is 6. The normalized spacial score (nSPS) is 10.6. The third kappa shape index (κ3) is 6.43. The molecule has 0 aliphatic carbocycles. The molecule has 0 aromatic carbocycles. The van der Waals surface area contributed by atoms with E-state index in [0.717, 1.165) is 0 Å². The average molecular weight is 219 g/mol. The van der Waals surface area contributed by atoms with Crippen molar-refractivity contribution in [2.45, 2.75) is 19.8 Å². The van der Waals surface area contributed by atoms with Crippen molar-refractivity contribution in [1.82, 2.24) is 0 Å². The highest BCUT2D eigenvalue weighted by Crippen LogP contribution is 1.98. The van der Waals surface area contributed by atoms with Crippen LogP contribution in [0.2, 0.25) is 0 Å². The fourth-order valence-electron chi connectivity index (χ4n) is 0.775. The van der Waals surface area contributed by atoms with Gasteiger partial charge in [-0.1, -0.05) is 0 Å². The highest BCUT2D eigenvalue weighted by atomic mass is 32.2. The van der Waals surface area contributed by atoms with Gasteiger partial charge in [0.25, 0.3) is 0 Å². The molecule has 14 heavy (non-hydrogen) atoms. The van der Waals surface area contributed by atoms with Crippen LogP contribution in [0.3, 0.4) is 0 Å². The minimum atomic E-state index is -3.28. The molecule has 0 aliphatic heterocycles. The van der Waals surface area contributed by atoms with E-state index in [1.54, 1.807) is 13.0 Å². The lowest BCUT2D eigenvalue weighted by Gasteiger charge is -2.01. The van der Waals surface area contributed by atoms with Crippen LogP contribution in [0.15, 0.2) is 0 Å². The number of carbonyl (C=O) groups excluding carboxylic acids is 1. The first-order valence-electron chi connectivity index (χ1n) is 4.25. The van der Waals surface area contributed by atoms with Crippen molar-refractivity contribution < 1.29 is 17.9 Å². The van der Waals surface area contributed by atoms with Crippen molar-refractivity contribution in [3.8, 4) is 6.07 Å². The second-order valence-corrected chi connectivity index (χ2v) is 4.92. The maximum atomic E-state index is 11.1. The summed E-state index contributed by atoms with van der Waals surface area (Å²) in [5, 5.41) is 8.19. The fourth-order valence-corrected chi connectivity index (χ4v) is 1.86. The number of hydrogen-bond donors (Lipinski definition) is 0.